The van der Waals surface area contributed by atoms with Crippen LogP contribution in [0.4, 0.5) is 0 Å². The van der Waals surface area contributed by atoms with E-state index in [9.17, 15) is 9.59 Å². The van der Waals surface area contributed by atoms with Crippen molar-refractivity contribution in [2.45, 2.75) is 19.6 Å². The van der Waals surface area contributed by atoms with Crippen LogP contribution in [0.2, 0.25) is 0 Å². The Morgan fingerprint density at radius 1 is 1.13 bits per heavy atom. The lowest BCUT2D eigenvalue weighted by Crippen LogP contribution is -2.35. The molecule has 0 radical (unpaired) electrons. The maximum Gasteiger partial charge on any atom is 0.331 e. The highest BCUT2D eigenvalue weighted by Crippen LogP contribution is 2.32. The number of ether oxygens (including phenoxy) is 3. The first-order valence-electron chi connectivity index (χ1n) is 9.49. The summed E-state index contributed by atoms with van der Waals surface area (Å²) in [4.78, 5) is 28.7. The molecule has 0 fully saturated rings. The zero-order chi connectivity index (χ0) is 20.9. The standard InChI is InChI=1S/C23H20N2O5/c1-15(23(27)24-13-16-6-10-20-21(12-16)29-14-28-20)30-22(26)11-9-18-8-7-17-4-2-3-5-19(17)25-18/h2-12,15H,13-14H2,1H3,(H,24,27)/b11-9+. The lowest BCUT2D eigenvalue weighted by molar-refractivity contribution is -0.150. The molecule has 3 aromatic rings. The Kier molecular flexibility index (Phi) is 5.61. The molecule has 0 aliphatic carbocycles. The summed E-state index contributed by atoms with van der Waals surface area (Å²) in [6.45, 7) is 2.00. The van der Waals surface area contributed by atoms with E-state index in [-0.39, 0.29) is 13.3 Å². The Balaban J connectivity index is 1.28. The van der Waals surface area contributed by atoms with Gasteiger partial charge in [0.15, 0.2) is 17.6 Å². The SMILES string of the molecule is CC(OC(=O)/C=C/c1ccc2ccccc2n1)C(=O)NCc1ccc2c(c1)OCO2. The number of hydrogen-bond acceptors (Lipinski definition) is 6. The van der Waals surface area contributed by atoms with Crippen LogP contribution in [0.5, 0.6) is 11.5 Å². The van der Waals surface area contributed by atoms with E-state index in [1.165, 1.54) is 13.0 Å². The summed E-state index contributed by atoms with van der Waals surface area (Å²) in [6.07, 6.45) is 1.89. The van der Waals surface area contributed by atoms with Gasteiger partial charge in [0.05, 0.1) is 11.2 Å². The number of para-hydroxylation sites is 1. The van der Waals surface area contributed by atoms with E-state index in [0.29, 0.717) is 17.2 Å². The Bertz CT molecular complexity index is 1130. The van der Waals surface area contributed by atoms with Crippen LogP contribution in [0, 0.1) is 0 Å². The zero-order valence-corrected chi connectivity index (χ0v) is 16.3. The molecular formula is C23H20N2O5. The minimum Gasteiger partial charge on any atom is -0.454 e. The Morgan fingerprint density at radius 2 is 1.97 bits per heavy atom. The number of aromatic nitrogens is 1. The normalized spacial score (nSPS) is 13.4. The number of rotatable bonds is 6. The van der Waals surface area contributed by atoms with Gasteiger partial charge in [-0.1, -0.05) is 30.3 Å². The van der Waals surface area contributed by atoms with Crippen molar-refractivity contribution in [1.82, 2.24) is 10.3 Å². The molecule has 1 aliphatic heterocycles. The monoisotopic (exact) mass is 404 g/mol. The van der Waals surface area contributed by atoms with Gasteiger partial charge in [0.25, 0.3) is 5.91 Å². The molecule has 0 saturated carbocycles. The first-order valence-corrected chi connectivity index (χ1v) is 9.49. The van der Waals surface area contributed by atoms with E-state index in [1.807, 2.05) is 42.5 Å². The quantitative estimate of drug-likeness (QED) is 0.501. The third kappa shape index (κ3) is 4.57. The molecule has 1 atom stereocenters. The first kappa shape index (κ1) is 19.4. The summed E-state index contributed by atoms with van der Waals surface area (Å²) in [5, 5.41) is 3.76. The van der Waals surface area contributed by atoms with Gasteiger partial charge in [-0.2, -0.15) is 0 Å². The number of hydrogen-bond donors (Lipinski definition) is 1. The predicted molar refractivity (Wildman–Crippen MR) is 111 cm³/mol. The van der Waals surface area contributed by atoms with Crippen LogP contribution in [0.3, 0.4) is 0 Å². The molecular weight excluding hydrogens is 384 g/mol. The van der Waals surface area contributed by atoms with E-state index in [2.05, 4.69) is 10.3 Å². The van der Waals surface area contributed by atoms with Crippen LogP contribution in [-0.2, 0) is 20.9 Å². The van der Waals surface area contributed by atoms with E-state index < -0.39 is 18.0 Å². The summed E-state index contributed by atoms with van der Waals surface area (Å²) < 4.78 is 15.7. The predicted octanol–water partition coefficient (Wildman–Crippen LogP) is 3.22. The summed E-state index contributed by atoms with van der Waals surface area (Å²) in [6, 6.07) is 16.9. The molecule has 1 unspecified atom stereocenters. The number of carbonyl (C=O) groups is 2. The molecule has 0 saturated heterocycles. The number of fused-ring (bicyclic) bond motifs is 2. The smallest absolute Gasteiger partial charge is 0.331 e. The molecule has 1 aromatic heterocycles. The maximum atomic E-state index is 12.2. The van der Waals surface area contributed by atoms with Crippen LogP contribution >= 0.6 is 0 Å². The molecule has 0 bridgehead atoms. The summed E-state index contributed by atoms with van der Waals surface area (Å²) >= 11 is 0. The second kappa shape index (κ2) is 8.65. The summed E-state index contributed by atoms with van der Waals surface area (Å²) in [5.74, 6) is 0.322. The Labute approximate surface area is 173 Å². The highest BCUT2D eigenvalue weighted by Gasteiger charge is 2.17. The Morgan fingerprint density at radius 3 is 2.87 bits per heavy atom. The van der Waals surface area contributed by atoms with Crippen molar-refractivity contribution in [1.29, 1.82) is 0 Å². The minimum atomic E-state index is -0.930. The van der Waals surface area contributed by atoms with Crippen molar-refractivity contribution in [3.8, 4) is 11.5 Å². The van der Waals surface area contributed by atoms with Crippen LogP contribution in [0.25, 0.3) is 17.0 Å². The fourth-order valence-electron chi connectivity index (χ4n) is 2.98. The number of nitrogens with one attached hydrogen (secondary N) is 1. The van der Waals surface area contributed by atoms with Gasteiger partial charge in [0.2, 0.25) is 6.79 Å². The molecule has 1 N–H and O–H groups in total. The molecule has 30 heavy (non-hydrogen) atoms. The number of nitrogens with zero attached hydrogens (tertiary/aromatic N) is 1. The van der Waals surface area contributed by atoms with E-state index >= 15 is 0 Å². The number of pyridine rings is 1. The largest absolute Gasteiger partial charge is 0.454 e. The third-order valence-corrected chi connectivity index (χ3v) is 4.58. The van der Waals surface area contributed by atoms with Crippen molar-refractivity contribution >= 4 is 28.9 Å². The fourth-order valence-corrected chi connectivity index (χ4v) is 2.98. The lowest BCUT2D eigenvalue weighted by Gasteiger charge is -2.12. The van der Waals surface area contributed by atoms with Gasteiger partial charge in [-0.3, -0.25) is 4.79 Å². The van der Waals surface area contributed by atoms with Gasteiger partial charge in [-0.25, -0.2) is 9.78 Å². The minimum absolute atomic E-state index is 0.195. The highest BCUT2D eigenvalue weighted by atomic mass is 16.7. The van der Waals surface area contributed by atoms with Gasteiger partial charge in [0.1, 0.15) is 0 Å². The summed E-state index contributed by atoms with van der Waals surface area (Å²) in [7, 11) is 0. The lowest BCUT2D eigenvalue weighted by atomic mass is 10.2. The maximum absolute atomic E-state index is 12.2. The van der Waals surface area contributed by atoms with Crippen LogP contribution in [-0.4, -0.2) is 29.8 Å². The molecule has 7 nitrogen and oxygen atoms in total. The zero-order valence-electron chi connectivity index (χ0n) is 16.3. The average molecular weight is 404 g/mol. The number of carbonyl (C=O) groups excluding carboxylic acids is 2. The van der Waals surface area contributed by atoms with Gasteiger partial charge in [-0.15, -0.1) is 0 Å². The molecule has 2 heterocycles. The van der Waals surface area contributed by atoms with E-state index in [4.69, 9.17) is 14.2 Å². The Hall–Kier alpha value is -3.87. The number of benzene rings is 2. The van der Waals surface area contributed by atoms with Gasteiger partial charge in [-0.05, 0) is 42.8 Å². The number of amides is 1. The average Bonchev–Trinajstić information content (AvgIpc) is 3.23. The topological polar surface area (TPSA) is 86.8 Å². The van der Waals surface area contributed by atoms with Crippen LogP contribution in [0.1, 0.15) is 18.2 Å². The van der Waals surface area contributed by atoms with Gasteiger partial charge < -0.3 is 19.5 Å². The molecule has 0 spiro atoms. The van der Waals surface area contributed by atoms with E-state index in [0.717, 1.165) is 16.5 Å². The molecule has 4 rings (SSSR count). The summed E-state index contributed by atoms with van der Waals surface area (Å²) in [5.41, 5.74) is 2.32. The van der Waals surface area contributed by atoms with E-state index in [1.54, 1.807) is 18.2 Å². The fraction of sp³-hybridized carbons (Fsp3) is 0.174. The van der Waals surface area contributed by atoms with Crippen molar-refractivity contribution in [2.75, 3.05) is 6.79 Å². The molecule has 2 aromatic carbocycles. The molecule has 1 amide bonds. The van der Waals surface area contributed by atoms with Gasteiger partial charge in [0, 0.05) is 18.0 Å². The van der Waals surface area contributed by atoms with Crippen LogP contribution in [0.15, 0.2) is 60.7 Å². The first-order chi connectivity index (χ1) is 14.6. The molecule has 152 valence electrons. The third-order valence-electron chi connectivity index (χ3n) is 4.58. The second-order valence-corrected chi connectivity index (χ2v) is 6.75. The number of esters is 1. The van der Waals surface area contributed by atoms with Crippen molar-refractivity contribution in [2.24, 2.45) is 0 Å². The van der Waals surface area contributed by atoms with Crippen molar-refractivity contribution < 1.29 is 23.8 Å². The van der Waals surface area contributed by atoms with Crippen molar-refractivity contribution in [3.05, 3.63) is 71.9 Å². The molecule has 1 aliphatic rings. The van der Waals surface area contributed by atoms with Crippen molar-refractivity contribution in [3.63, 3.8) is 0 Å². The molecule has 7 heteroatoms. The van der Waals surface area contributed by atoms with Gasteiger partial charge >= 0.3 is 5.97 Å². The highest BCUT2D eigenvalue weighted by molar-refractivity contribution is 5.90. The van der Waals surface area contributed by atoms with Crippen LogP contribution < -0.4 is 14.8 Å². The second-order valence-electron chi connectivity index (χ2n) is 6.75.